The molecule has 0 amide bonds. The van der Waals surface area contributed by atoms with Crippen LogP contribution in [0.5, 0.6) is 0 Å². The van der Waals surface area contributed by atoms with Crippen molar-refractivity contribution in [3.05, 3.63) is 41.0 Å². The highest BCUT2D eigenvalue weighted by Gasteiger charge is 1.99. The summed E-state index contributed by atoms with van der Waals surface area (Å²) in [5.74, 6) is 0.799. The third-order valence-corrected chi connectivity index (χ3v) is 2.34. The molecule has 0 N–H and O–H groups in total. The number of halogens is 1. The van der Waals surface area contributed by atoms with E-state index in [2.05, 4.69) is 35.9 Å². The zero-order valence-corrected chi connectivity index (χ0v) is 10.1. The monoisotopic (exact) mass is 280 g/mol. The average Bonchev–Trinajstić information content (AvgIpc) is 2.76. The third-order valence-electron chi connectivity index (χ3n) is 1.87. The fourth-order valence-electron chi connectivity index (χ4n) is 1.16. The third kappa shape index (κ3) is 2.46. The zero-order valence-electron chi connectivity index (χ0n) is 8.54. The predicted octanol–water partition coefficient (Wildman–Crippen LogP) is 2.01. The molecule has 6 heteroatoms. The zero-order chi connectivity index (χ0) is 11.4. The number of hydrogen-bond donors (Lipinski definition) is 0. The summed E-state index contributed by atoms with van der Waals surface area (Å²) in [7, 11) is 1.49. The molecule has 0 spiro atoms. The standard InChI is InChI=1S/C10H9BrN4O/c1-16-14-5-9-6-15(7-13-9)10-3-2-8(11)4-12-10/h2-7H,1H3/b14-5+. The van der Waals surface area contributed by atoms with E-state index >= 15 is 0 Å². The highest BCUT2D eigenvalue weighted by atomic mass is 79.9. The summed E-state index contributed by atoms with van der Waals surface area (Å²) in [6.45, 7) is 0. The van der Waals surface area contributed by atoms with Gasteiger partial charge in [0.05, 0.1) is 6.21 Å². The number of nitrogens with zero attached hydrogens (tertiary/aromatic N) is 4. The second kappa shape index (κ2) is 4.89. The molecule has 0 saturated heterocycles. The van der Waals surface area contributed by atoms with Crippen LogP contribution < -0.4 is 0 Å². The Balaban J connectivity index is 2.24. The van der Waals surface area contributed by atoms with Gasteiger partial charge in [0.25, 0.3) is 0 Å². The average molecular weight is 281 g/mol. The molecule has 0 radical (unpaired) electrons. The van der Waals surface area contributed by atoms with Crippen molar-refractivity contribution in [3.63, 3.8) is 0 Å². The van der Waals surface area contributed by atoms with Crippen molar-refractivity contribution in [1.82, 2.24) is 14.5 Å². The highest BCUT2D eigenvalue weighted by Crippen LogP contribution is 2.10. The van der Waals surface area contributed by atoms with Crippen LogP contribution in [0.2, 0.25) is 0 Å². The van der Waals surface area contributed by atoms with Gasteiger partial charge in [0.1, 0.15) is 24.9 Å². The molecule has 5 nitrogen and oxygen atoms in total. The second-order valence-electron chi connectivity index (χ2n) is 2.96. The van der Waals surface area contributed by atoms with E-state index in [4.69, 9.17) is 0 Å². The van der Waals surface area contributed by atoms with Gasteiger partial charge in [-0.2, -0.15) is 0 Å². The van der Waals surface area contributed by atoms with Crippen molar-refractivity contribution in [3.8, 4) is 5.82 Å². The molecule has 0 aromatic carbocycles. The first-order valence-electron chi connectivity index (χ1n) is 4.52. The number of imidazole rings is 1. The first kappa shape index (κ1) is 10.8. The van der Waals surface area contributed by atoms with Crippen molar-refractivity contribution in [2.45, 2.75) is 0 Å². The van der Waals surface area contributed by atoms with Crippen LogP contribution in [0.4, 0.5) is 0 Å². The molecule has 2 rings (SSSR count). The Bertz CT molecular complexity index is 492. The van der Waals surface area contributed by atoms with Gasteiger partial charge in [-0.05, 0) is 28.1 Å². The van der Waals surface area contributed by atoms with Crippen LogP contribution in [0.3, 0.4) is 0 Å². The van der Waals surface area contributed by atoms with Crippen LogP contribution in [-0.4, -0.2) is 27.9 Å². The highest BCUT2D eigenvalue weighted by molar-refractivity contribution is 9.10. The minimum absolute atomic E-state index is 0.714. The van der Waals surface area contributed by atoms with E-state index < -0.39 is 0 Å². The maximum absolute atomic E-state index is 4.57. The Morgan fingerprint density at radius 3 is 3.00 bits per heavy atom. The van der Waals surface area contributed by atoms with Crippen molar-refractivity contribution in [2.75, 3.05) is 7.11 Å². The topological polar surface area (TPSA) is 52.3 Å². The molecule has 2 heterocycles. The van der Waals surface area contributed by atoms with Gasteiger partial charge in [0, 0.05) is 16.9 Å². The molecule has 16 heavy (non-hydrogen) atoms. The largest absolute Gasteiger partial charge is 0.399 e. The molecule has 0 aliphatic rings. The Morgan fingerprint density at radius 1 is 1.44 bits per heavy atom. The molecular formula is C10H9BrN4O. The summed E-state index contributed by atoms with van der Waals surface area (Å²) in [6, 6.07) is 3.81. The van der Waals surface area contributed by atoms with Gasteiger partial charge in [0.2, 0.25) is 0 Å². The Labute approximate surface area is 101 Å². The van der Waals surface area contributed by atoms with Crippen LogP contribution in [0.15, 0.2) is 40.5 Å². The summed E-state index contributed by atoms with van der Waals surface area (Å²) in [5, 5.41) is 3.63. The molecular weight excluding hydrogens is 272 g/mol. The van der Waals surface area contributed by atoms with E-state index in [0.29, 0.717) is 5.69 Å². The Morgan fingerprint density at radius 2 is 2.31 bits per heavy atom. The summed E-state index contributed by atoms with van der Waals surface area (Å²) in [5.41, 5.74) is 0.714. The summed E-state index contributed by atoms with van der Waals surface area (Å²) in [4.78, 5) is 13.0. The van der Waals surface area contributed by atoms with Gasteiger partial charge in [-0.25, -0.2) is 9.97 Å². The van der Waals surface area contributed by atoms with Gasteiger partial charge >= 0.3 is 0 Å². The van der Waals surface area contributed by atoms with E-state index in [1.54, 1.807) is 12.5 Å². The second-order valence-corrected chi connectivity index (χ2v) is 3.87. The smallest absolute Gasteiger partial charge is 0.137 e. The number of rotatable bonds is 3. The van der Waals surface area contributed by atoms with Gasteiger partial charge in [0.15, 0.2) is 0 Å². The maximum atomic E-state index is 4.57. The fraction of sp³-hybridized carbons (Fsp3) is 0.100. The lowest BCUT2D eigenvalue weighted by molar-refractivity contribution is 0.215. The van der Waals surface area contributed by atoms with Crippen molar-refractivity contribution < 1.29 is 4.84 Å². The number of aromatic nitrogens is 3. The quantitative estimate of drug-likeness (QED) is 0.638. The van der Waals surface area contributed by atoms with Crippen LogP contribution in [-0.2, 0) is 4.84 Å². The number of hydrogen-bond acceptors (Lipinski definition) is 4. The molecule has 0 fully saturated rings. The van der Waals surface area contributed by atoms with E-state index in [1.165, 1.54) is 13.3 Å². The molecule has 0 atom stereocenters. The SMILES string of the molecule is CO/N=C/c1cn(-c2ccc(Br)cn2)cn1. The molecule has 0 bridgehead atoms. The van der Waals surface area contributed by atoms with Crippen LogP contribution in [0.1, 0.15) is 5.69 Å². The summed E-state index contributed by atoms with van der Waals surface area (Å²) >= 11 is 3.33. The van der Waals surface area contributed by atoms with E-state index in [-0.39, 0.29) is 0 Å². The lowest BCUT2D eigenvalue weighted by atomic mass is 10.4. The van der Waals surface area contributed by atoms with Gasteiger partial charge in [-0.1, -0.05) is 5.16 Å². The van der Waals surface area contributed by atoms with Crippen LogP contribution in [0, 0.1) is 0 Å². The maximum Gasteiger partial charge on any atom is 0.137 e. The first-order valence-corrected chi connectivity index (χ1v) is 5.31. The minimum Gasteiger partial charge on any atom is -0.399 e. The van der Waals surface area contributed by atoms with Crippen LogP contribution >= 0.6 is 15.9 Å². The number of pyridine rings is 1. The number of oxime groups is 1. The van der Waals surface area contributed by atoms with E-state index in [0.717, 1.165) is 10.3 Å². The molecule has 0 aliphatic heterocycles. The molecule has 82 valence electrons. The van der Waals surface area contributed by atoms with Crippen molar-refractivity contribution >= 4 is 22.1 Å². The molecule has 0 unspecified atom stereocenters. The minimum atomic E-state index is 0.714. The fourth-order valence-corrected chi connectivity index (χ4v) is 1.39. The normalized spacial score (nSPS) is 10.9. The molecule has 2 aromatic heterocycles. The predicted molar refractivity (Wildman–Crippen MR) is 63.7 cm³/mol. The summed E-state index contributed by atoms with van der Waals surface area (Å²) in [6.07, 6.45) is 6.76. The van der Waals surface area contributed by atoms with Crippen molar-refractivity contribution in [2.24, 2.45) is 5.16 Å². The lowest BCUT2D eigenvalue weighted by Crippen LogP contribution is -1.92. The first-order chi connectivity index (χ1) is 7.79. The Kier molecular flexibility index (Phi) is 3.31. The van der Waals surface area contributed by atoms with Crippen LogP contribution in [0.25, 0.3) is 5.82 Å². The van der Waals surface area contributed by atoms with E-state index in [9.17, 15) is 0 Å². The van der Waals surface area contributed by atoms with Gasteiger partial charge < -0.3 is 4.84 Å². The van der Waals surface area contributed by atoms with E-state index in [1.807, 2.05) is 22.9 Å². The molecule has 0 aliphatic carbocycles. The van der Waals surface area contributed by atoms with Crippen molar-refractivity contribution in [1.29, 1.82) is 0 Å². The van der Waals surface area contributed by atoms with Gasteiger partial charge in [-0.3, -0.25) is 4.57 Å². The molecule has 0 saturated carbocycles. The summed E-state index contributed by atoms with van der Waals surface area (Å²) < 4.78 is 2.75. The van der Waals surface area contributed by atoms with Gasteiger partial charge in [-0.15, -0.1) is 0 Å². The molecule has 2 aromatic rings. The lowest BCUT2D eigenvalue weighted by Gasteiger charge is -1.99. The Hall–Kier alpha value is -1.69.